The Balaban J connectivity index is 1.62. The van der Waals surface area contributed by atoms with E-state index < -0.39 is 11.9 Å². The van der Waals surface area contributed by atoms with Gasteiger partial charge < -0.3 is 18.9 Å². The van der Waals surface area contributed by atoms with Crippen LogP contribution in [0.2, 0.25) is 0 Å². The molecule has 186 valence electrons. The quantitative estimate of drug-likeness (QED) is 0.411. The van der Waals surface area contributed by atoms with E-state index in [1.807, 2.05) is 6.07 Å². The molecule has 1 atom stereocenters. The van der Waals surface area contributed by atoms with E-state index in [1.54, 1.807) is 43.5 Å². The number of hydrogen-bond donors (Lipinski definition) is 0. The molecule has 1 aliphatic heterocycles. The zero-order valence-corrected chi connectivity index (χ0v) is 20.1. The predicted octanol–water partition coefficient (Wildman–Crippen LogP) is 4.42. The van der Waals surface area contributed by atoms with Gasteiger partial charge in [-0.1, -0.05) is 18.2 Å². The maximum absolute atomic E-state index is 13.5. The van der Waals surface area contributed by atoms with E-state index in [9.17, 15) is 14.0 Å². The van der Waals surface area contributed by atoms with Crippen molar-refractivity contribution in [1.29, 1.82) is 0 Å². The summed E-state index contributed by atoms with van der Waals surface area (Å²) in [7, 11) is 4.54. The number of benzene rings is 3. The smallest absolute Gasteiger partial charge is 0.281 e. The summed E-state index contributed by atoms with van der Waals surface area (Å²) >= 11 is 0. The number of ether oxygens (including phenoxy) is 4. The lowest BCUT2D eigenvalue weighted by Gasteiger charge is -2.23. The highest BCUT2D eigenvalue weighted by Crippen LogP contribution is 2.37. The molecule has 0 spiro atoms. The van der Waals surface area contributed by atoms with Crippen LogP contribution in [0.25, 0.3) is 0 Å². The summed E-state index contributed by atoms with van der Waals surface area (Å²) in [6, 6.07) is 15.6. The van der Waals surface area contributed by atoms with Crippen molar-refractivity contribution in [3.63, 3.8) is 0 Å². The molecule has 0 saturated carbocycles. The Morgan fingerprint density at radius 1 is 0.944 bits per heavy atom. The molecule has 0 aromatic heterocycles. The third kappa shape index (κ3) is 5.14. The largest absolute Gasteiger partial charge is 0.493 e. The number of nitrogens with zero attached hydrogens (tertiary/aromatic N) is 2. The van der Waals surface area contributed by atoms with Crippen molar-refractivity contribution in [2.45, 2.75) is 12.5 Å². The molecular formula is C27H25FN2O6. The van der Waals surface area contributed by atoms with Crippen molar-refractivity contribution in [3.05, 3.63) is 83.2 Å². The van der Waals surface area contributed by atoms with Crippen LogP contribution in [-0.4, -0.2) is 50.9 Å². The van der Waals surface area contributed by atoms with E-state index in [2.05, 4.69) is 5.10 Å². The summed E-state index contributed by atoms with van der Waals surface area (Å²) < 4.78 is 35.2. The number of halogens is 1. The van der Waals surface area contributed by atoms with E-state index in [4.69, 9.17) is 18.9 Å². The fourth-order valence-electron chi connectivity index (χ4n) is 3.96. The van der Waals surface area contributed by atoms with Crippen molar-refractivity contribution in [2.24, 2.45) is 5.10 Å². The summed E-state index contributed by atoms with van der Waals surface area (Å²) in [5.41, 5.74) is 2.56. The first-order valence-electron chi connectivity index (χ1n) is 11.1. The molecule has 36 heavy (non-hydrogen) atoms. The summed E-state index contributed by atoms with van der Waals surface area (Å²) in [5, 5.41) is 5.94. The third-order valence-corrected chi connectivity index (χ3v) is 5.81. The average Bonchev–Trinajstić information content (AvgIpc) is 3.37. The monoisotopic (exact) mass is 492 g/mol. The van der Waals surface area contributed by atoms with Gasteiger partial charge >= 0.3 is 0 Å². The molecular weight excluding hydrogens is 467 g/mol. The molecule has 3 aromatic rings. The molecule has 0 saturated heterocycles. The number of carbonyl (C=O) groups is 2. The Labute approximate surface area is 207 Å². The SMILES string of the molecule is COc1ccc(C2CC(c3ccc(F)cc3)=NN2C(=O)COc2ccc(C=O)cc2OC)cc1OC. The van der Waals surface area contributed by atoms with Crippen LogP contribution in [0.1, 0.15) is 33.9 Å². The van der Waals surface area contributed by atoms with Crippen molar-refractivity contribution < 1.29 is 32.9 Å². The van der Waals surface area contributed by atoms with Crippen LogP contribution < -0.4 is 18.9 Å². The molecule has 8 nitrogen and oxygen atoms in total. The highest BCUT2D eigenvalue weighted by Gasteiger charge is 2.34. The fourth-order valence-corrected chi connectivity index (χ4v) is 3.96. The van der Waals surface area contributed by atoms with E-state index >= 15 is 0 Å². The van der Waals surface area contributed by atoms with E-state index in [-0.39, 0.29) is 12.4 Å². The van der Waals surface area contributed by atoms with Gasteiger partial charge in [-0.3, -0.25) is 9.59 Å². The number of hydrazone groups is 1. The Bertz CT molecular complexity index is 1290. The number of hydrogen-bond acceptors (Lipinski definition) is 7. The van der Waals surface area contributed by atoms with Gasteiger partial charge in [-0.05, 0) is 53.6 Å². The lowest BCUT2D eigenvalue weighted by molar-refractivity contribution is -0.135. The average molecular weight is 493 g/mol. The summed E-state index contributed by atoms with van der Waals surface area (Å²) in [6.07, 6.45) is 1.10. The number of methoxy groups -OCH3 is 3. The number of carbonyl (C=O) groups excluding carboxylic acids is 2. The second kappa shape index (κ2) is 10.9. The molecule has 1 aliphatic rings. The van der Waals surface area contributed by atoms with Crippen LogP contribution in [-0.2, 0) is 4.79 Å². The van der Waals surface area contributed by atoms with Crippen LogP contribution in [0.4, 0.5) is 4.39 Å². The van der Waals surface area contributed by atoms with E-state index in [1.165, 1.54) is 37.4 Å². The first kappa shape index (κ1) is 24.7. The van der Waals surface area contributed by atoms with Gasteiger partial charge in [0, 0.05) is 12.0 Å². The Morgan fingerprint density at radius 3 is 2.28 bits per heavy atom. The summed E-state index contributed by atoms with van der Waals surface area (Å²) in [4.78, 5) is 24.4. The predicted molar refractivity (Wildman–Crippen MR) is 131 cm³/mol. The van der Waals surface area contributed by atoms with Gasteiger partial charge in [0.05, 0.1) is 33.1 Å². The first-order valence-corrected chi connectivity index (χ1v) is 11.1. The third-order valence-electron chi connectivity index (χ3n) is 5.81. The van der Waals surface area contributed by atoms with Crippen LogP contribution in [0.15, 0.2) is 65.8 Å². The first-order chi connectivity index (χ1) is 17.5. The molecule has 1 unspecified atom stereocenters. The Morgan fingerprint density at radius 2 is 1.61 bits per heavy atom. The van der Waals surface area contributed by atoms with Crippen molar-refractivity contribution in [3.8, 4) is 23.0 Å². The normalized spacial score (nSPS) is 14.7. The molecule has 0 fully saturated rings. The lowest BCUT2D eigenvalue weighted by Crippen LogP contribution is -2.31. The standard InChI is InChI=1S/C27H25FN2O6/c1-33-23-11-7-19(13-26(23)35-3)22-14-21(18-5-8-20(28)9-6-18)29-30(22)27(32)16-36-24-10-4-17(15-31)12-25(24)34-2/h4-13,15,22H,14,16H2,1-3H3. The van der Waals surface area contributed by atoms with Crippen LogP contribution in [0.5, 0.6) is 23.0 Å². The van der Waals surface area contributed by atoms with Crippen LogP contribution in [0.3, 0.4) is 0 Å². The molecule has 1 heterocycles. The number of rotatable bonds is 9. The minimum Gasteiger partial charge on any atom is -0.493 e. The van der Waals surface area contributed by atoms with Gasteiger partial charge in [0.2, 0.25) is 0 Å². The molecule has 0 N–H and O–H groups in total. The van der Waals surface area contributed by atoms with Gasteiger partial charge in [0.15, 0.2) is 29.6 Å². The molecule has 4 rings (SSSR count). The Kier molecular flexibility index (Phi) is 7.48. The maximum Gasteiger partial charge on any atom is 0.281 e. The fraction of sp³-hybridized carbons (Fsp3) is 0.222. The lowest BCUT2D eigenvalue weighted by atomic mass is 9.98. The van der Waals surface area contributed by atoms with Crippen LogP contribution in [0, 0.1) is 5.82 Å². The maximum atomic E-state index is 13.5. The molecule has 9 heteroatoms. The molecule has 0 aliphatic carbocycles. The molecule has 0 radical (unpaired) electrons. The summed E-state index contributed by atoms with van der Waals surface area (Å²) in [6.45, 7) is -0.319. The topological polar surface area (TPSA) is 86.7 Å². The van der Waals surface area contributed by atoms with E-state index in [0.717, 1.165) is 5.56 Å². The van der Waals surface area contributed by atoms with Gasteiger partial charge in [0.25, 0.3) is 5.91 Å². The van der Waals surface area contributed by atoms with Crippen LogP contribution >= 0.6 is 0 Å². The van der Waals surface area contributed by atoms with Crippen molar-refractivity contribution in [2.75, 3.05) is 27.9 Å². The minimum absolute atomic E-state index is 0.319. The van der Waals surface area contributed by atoms with Gasteiger partial charge in [-0.15, -0.1) is 0 Å². The van der Waals surface area contributed by atoms with E-state index in [0.29, 0.717) is 52.5 Å². The molecule has 1 amide bonds. The Hall–Kier alpha value is -4.40. The number of aldehydes is 1. The van der Waals surface area contributed by atoms with Gasteiger partial charge in [-0.25, -0.2) is 9.40 Å². The second-order valence-corrected chi connectivity index (χ2v) is 7.94. The van der Waals surface area contributed by atoms with Gasteiger partial charge in [0.1, 0.15) is 12.1 Å². The molecule has 3 aromatic carbocycles. The zero-order chi connectivity index (χ0) is 25.7. The van der Waals surface area contributed by atoms with Gasteiger partial charge in [-0.2, -0.15) is 5.10 Å². The van der Waals surface area contributed by atoms with Crippen molar-refractivity contribution >= 4 is 17.9 Å². The second-order valence-electron chi connectivity index (χ2n) is 7.94. The highest BCUT2D eigenvalue weighted by atomic mass is 19.1. The zero-order valence-electron chi connectivity index (χ0n) is 20.1. The molecule has 0 bridgehead atoms. The highest BCUT2D eigenvalue weighted by molar-refractivity contribution is 6.03. The summed E-state index contributed by atoms with van der Waals surface area (Å²) in [5.74, 6) is 0.986. The number of amides is 1. The minimum atomic E-state index is -0.444. The van der Waals surface area contributed by atoms with Crippen molar-refractivity contribution in [1.82, 2.24) is 5.01 Å².